The van der Waals surface area contributed by atoms with E-state index >= 15 is 0 Å². The lowest BCUT2D eigenvalue weighted by Gasteiger charge is -2.29. The minimum absolute atomic E-state index is 0.120. The van der Waals surface area contributed by atoms with Gasteiger partial charge in [0.2, 0.25) is 0 Å². The summed E-state index contributed by atoms with van der Waals surface area (Å²) in [6.45, 7) is 0.955. The number of piperidine rings is 1. The van der Waals surface area contributed by atoms with Gasteiger partial charge in [-0.2, -0.15) is 5.26 Å². The topological polar surface area (TPSA) is 87.2 Å². The third-order valence-electron chi connectivity index (χ3n) is 3.28. The number of rotatable bonds is 2. The van der Waals surface area contributed by atoms with Crippen LogP contribution in [0.2, 0.25) is 0 Å². The Balaban J connectivity index is 2.26. The molecule has 1 aromatic rings. The zero-order valence-corrected chi connectivity index (χ0v) is 12.2. The van der Waals surface area contributed by atoms with Crippen molar-refractivity contribution in [2.75, 3.05) is 13.1 Å². The molecule has 0 radical (unpaired) electrons. The van der Waals surface area contributed by atoms with E-state index in [9.17, 15) is 14.9 Å². The number of carbonyl (C=O) groups excluding carboxylic acids is 1. The number of hydrogen-bond acceptors (Lipinski definition) is 4. The molecule has 104 valence electrons. The van der Waals surface area contributed by atoms with Crippen molar-refractivity contribution in [3.8, 4) is 6.07 Å². The molecule has 1 atom stereocenters. The Labute approximate surface area is 124 Å². The predicted octanol–water partition coefficient (Wildman–Crippen LogP) is 2.73. The van der Waals surface area contributed by atoms with Gasteiger partial charge in [-0.25, -0.2) is 0 Å². The first-order valence-electron chi connectivity index (χ1n) is 6.15. The van der Waals surface area contributed by atoms with Crippen molar-refractivity contribution in [2.45, 2.75) is 12.8 Å². The van der Waals surface area contributed by atoms with Gasteiger partial charge in [0.05, 0.1) is 22.5 Å². The molecule has 0 spiro atoms. The van der Waals surface area contributed by atoms with Gasteiger partial charge in [0.1, 0.15) is 0 Å². The third kappa shape index (κ3) is 2.96. The summed E-state index contributed by atoms with van der Waals surface area (Å²) in [5, 5.41) is 19.7. The highest BCUT2D eigenvalue weighted by Crippen LogP contribution is 2.26. The highest BCUT2D eigenvalue weighted by molar-refractivity contribution is 9.10. The van der Waals surface area contributed by atoms with Crippen molar-refractivity contribution < 1.29 is 9.72 Å². The van der Waals surface area contributed by atoms with Crippen LogP contribution in [0.1, 0.15) is 23.2 Å². The van der Waals surface area contributed by atoms with E-state index in [4.69, 9.17) is 5.26 Å². The average molecular weight is 338 g/mol. The maximum Gasteiger partial charge on any atom is 0.270 e. The number of nitro benzene ring substituents is 1. The number of nitro groups is 1. The first kappa shape index (κ1) is 14.5. The molecule has 1 amide bonds. The van der Waals surface area contributed by atoms with Crippen LogP contribution in [0, 0.1) is 27.4 Å². The first-order valence-corrected chi connectivity index (χ1v) is 6.95. The van der Waals surface area contributed by atoms with E-state index in [1.54, 1.807) is 4.90 Å². The summed E-state index contributed by atoms with van der Waals surface area (Å²) in [5.41, 5.74) is 0.142. The Morgan fingerprint density at radius 3 is 2.95 bits per heavy atom. The van der Waals surface area contributed by atoms with Crippen LogP contribution in [0.25, 0.3) is 0 Å². The lowest BCUT2D eigenvalue weighted by atomic mass is 9.99. The van der Waals surface area contributed by atoms with Gasteiger partial charge < -0.3 is 4.90 Å². The van der Waals surface area contributed by atoms with E-state index in [1.165, 1.54) is 18.2 Å². The molecule has 1 aliphatic heterocycles. The highest BCUT2D eigenvalue weighted by atomic mass is 79.9. The maximum absolute atomic E-state index is 12.4. The average Bonchev–Trinajstić information content (AvgIpc) is 2.46. The van der Waals surface area contributed by atoms with Crippen LogP contribution >= 0.6 is 15.9 Å². The molecule has 0 saturated carbocycles. The minimum atomic E-state index is -0.530. The fourth-order valence-corrected chi connectivity index (χ4v) is 2.64. The van der Waals surface area contributed by atoms with Crippen LogP contribution in [-0.4, -0.2) is 28.8 Å². The molecule has 20 heavy (non-hydrogen) atoms. The van der Waals surface area contributed by atoms with Crippen LogP contribution in [0.5, 0.6) is 0 Å². The number of likely N-dealkylation sites (tertiary alicyclic amines) is 1. The van der Waals surface area contributed by atoms with Gasteiger partial charge in [-0.05, 0) is 34.8 Å². The second-order valence-corrected chi connectivity index (χ2v) is 5.50. The number of nitrogens with zero attached hydrogens (tertiary/aromatic N) is 3. The molecule has 1 fully saturated rings. The summed E-state index contributed by atoms with van der Waals surface area (Å²) in [7, 11) is 0. The van der Waals surface area contributed by atoms with E-state index < -0.39 is 4.92 Å². The van der Waals surface area contributed by atoms with Gasteiger partial charge in [-0.15, -0.1) is 0 Å². The van der Waals surface area contributed by atoms with Crippen molar-refractivity contribution >= 4 is 27.5 Å². The molecule has 6 nitrogen and oxygen atoms in total. The number of non-ortho nitro benzene ring substituents is 1. The second-order valence-electron chi connectivity index (χ2n) is 4.64. The zero-order chi connectivity index (χ0) is 14.7. The SMILES string of the molecule is N#CC1CCCN(C(=O)c2cc([N+](=O)[O-])ccc2Br)C1. The molecule has 1 unspecified atom stereocenters. The molecule has 7 heteroatoms. The van der Waals surface area contributed by atoms with Gasteiger partial charge in [0, 0.05) is 29.7 Å². The summed E-state index contributed by atoms with van der Waals surface area (Å²) < 4.78 is 0.521. The number of carbonyl (C=O) groups is 1. The van der Waals surface area contributed by atoms with Crippen LogP contribution in [0.15, 0.2) is 22.7 Å². The number of benzene rings is 1. The van der Waals surface area contributed by atoms with Crippen LogP contribution in [0.4, 0.5) is 5.69 Å². The second kappa shape index (κ2) is 6.01. The Morgan fingerprint density at radius 2 is 2.30 bits per heavy atom. The summed E-state index contributed by atoms with van der Waals surface area (Å²) >= 11 is 3.24. The first-order chi connectivity index (χ1) is 9.52. The Hall–Kier alpha value is -1.94. The summed E-state index contributed by atoms with van der Waals surface area (Å²) in [6, 6.07) is 6.28. The molecular weight excluding hydrogens is 326 g/mol. The molecule has 1 aliphatic rings. The fraction of sp³-hybridized carbons (Fsp3) is 0.385. The van der Waals surface area contributed by atoms with Gasteiger partial charge >= 0.3 is 0 Å². The van der Waals surface area contributed by atoms with Crippen molar-refractivity contribution in [1.29, 1.82) is 5.26 Å². The van der Waals surface area contributed by atoms with Crippen LogP contribution in [-0.2, 0) is 0 Å². The van der Waals surface area contributed by atoms with Crippen molar-refractivity contribution in [2.24, 2.45) is 5.92 Å². The normalized spacial score (nSPS) is 18.4. The minimum Gasteiger partial charge on any atom is -0.337 e. The lowest BCUT2D eigenvalue weighted by Crippen LogP contribution is -2.39. The standard InChI is InChI=1S/C13H12BrN3O3/c14-12-4-3-10(17(19)20)6-11(12)13(18)16-5-1-2-9(7-15)8-16/h3-4,6,9H,1-2,5,8H2. The van der Waals surface area contributed by atoms with Gasteiger partial charge in [0.25, 0.3) is 11.6 Å². The number of hydrogen-bond donors (Lipinski definition) is 0. The molecule has 1 aromatic carbocycles. The molecule has 0 bridgehead atoms. The Morgan fingerprint density at radius 1 is 1.55 bits per heavy atom. The van der Waals surface area contributed by atoms with Crippen molar-refractivity contribution in [3.05, 3.63) is 38.3 Å². The van der Waals surface area contributed by atoms with Gasteiger partial charge in [0.15, 0.2) is 0 Å². The molecule has 2 rings (SSSR count). The van der Waals surface area contributed by atoms with Gasteiger partial charge in [-0.1, -0.05) is 0 Å². The smallest absolute Gasteiger partial charge is 0.270 e. The number of amides is 1. The van der Waals surface area contributed by atoms with Crippen LogP contribution < -0.4 is 0 Å². The van der Waals surface area contributed by atoms with E-state index in [0.29, 0.717) is 17.6 Å². The summed E-state index contributed by atoms with van der Waals surface area (Å²) in [6.07, 6.45) is 1.56. The van der Waals surface area contributed by atoms with Crippen molar-refractivity contribution in [3.63, 3.8) is 0 Å². The van der Waals surface area contributed by atoms with E-state index in [1.807, 2.05) is 0 Å². The Kier molecular flexibility index (Phi) is 4.35. The van der Waals surface area contributed by atoms with Crippen LogP contribution in [0.3, 0.4) is 0 Å². The third-order valence-corrected chi connectivity index (χ3v) is 3.97. The maximum atomic E-state index is 12.4. The fourth-order valence-electron chi connectivity index (χ4n) is 2.23. The summed E-state index contributed by atoms with van der Waals surface area (Å²) in [4.78, 5) is 24.3. The van der Waals surface area contributed by atoms with Crippen molar-refractivity contribution in [1.82, 2.24) is 4.90 Å². The summed E-state index contributed by atoms with van der Waals surface area (Å²) in [5.74, 6) is -0.439. The number of nitriles is 1. The van der Waals surface area contributed by atoms with E-state index in [2.05, 4.69) is 22.0 Å². The molecular formula is C13H12BrN3O3. The molecule has 1 saturated heterocycles. The molecule has 1 heterocycles. The monoisotopic (exact) mass is 337 g/mol. The quantitative estimate of drug-likeness (QED) is 0.613. The predicted molar refractivity (Wildman–Crippen MR) is 75.0 cm³/mol. The zero-order valence-electron chi connectivity index (χ0n) is 10.6. The van der Waals surface area contributed by atoms with E-state index in [-0.39, 0.29) is 23.1 Å². The highest BCUT2D eigenvalue weighted by Gasteiger charge is 2.26. The lowest BCUT2D eigenvalue weighted by molar-refractivity contribution is -0.384. The van der Waals surface area contributed by atoms with Gasteiger partial charge in [-0.3, -0.25) is 14.9 Å². The molecule has 0 aliphatic carbocycles. The largest absolute Gasteiger partial charge is 0.337 e. The Bertz CT molecular complexity index is 597. The van der Waals surface area contributed by atoms with E-state index in [0.717, 1.165) is 12.8 Å². The molecule has 0 aromatic heterocycles. The molecule has 0 N–H and O–H groups in total. The number of halogens is 1.